The molecular formula is C11H18O. The number of fused-ring (bicyclic) bond motifs is 1. The molecule has 0 radical (unpaired) electrons. The molecule has 2 aliphatic carbocycles. The summed E-state index contributed by atoms with van der Waals surface area (Å²) in [5, 5.41) is 0. The minimum Gasteiger partial charge on any atom is -0.299 e. The Morgan fingerprint density at radius 1 is 1.33 bits per heavy atom. The molecule has 0 aromatic carbocycles. The third-order valence-electron chi connectivity index (χ3n) is 3.69. The van der Waals surface area contributed by atoms with E-state index in [0.29, 0.717) is 17.1 Å². The lowest BCUT2D eigenvalue weighted by molar-refractivity contribution is -0.122. The highest BCUT2D eigenvalue weighted by atomic mass is 16.1. The van der Waals surface area contributed by atoms with Crippen LogP contribution in [0.15, 0.2) is 0 Å². The molecule has 12 heavy (non-hydrogen) atoms. The van der Waals surface area contributed by atoms with Crippen molar-refractivity contribution in [3.63, 3.8) is 0 Å². The second-order valence-electron chi connectivity index (χ2n) is 5.28. The van der Waals surface area contributed by atoms with Crippen LogP contribution in [0.25, 0.3) is 0 Å². The Kier molecular flexibility index (Phi) is 1.78. The van der Waals surface area contributed by atoms with E-state index < -0.39 is 0 Å². The molecule has 0 spiro atoms. The van der Waals surface area contributed by atoms with Crippen molar-refractivity contribution in [1.29, 1.82) is 0 Å². The molecule has 0 aromatic heterocycles. The predicted molar refractivity (Wildman–Crippen MR) is 48.9 cm³/mol. The molecule has 2 fully saturated rings. The molecule has 0 bridgehead atoms. The van der Waals surface area contributed by atoms with Crippen molar-refractivity contribution in [1.82, 2.24) is 0 Å². The van der Waals surface area contributed by atoms with Crippen LogP contribution in [-0.4, -0.2) is 5.78 Å². The zero-order chi connectivity index (χ0) is 8.77. The van der Waals surface area contributed by atoms with Crippen LogP contribution in [0.5, 0.6) is 0 Å². The summed E-state index contributed by atoms with van der Waals surface area (Å²) < 4.78 is 0. The lowest BCUT2D eigenvalue weighted by Gasteiger charge is -2.36. The van der Waals surface area contributed by atoms with E-state index in [1.165, 1.54) is 19.3 Å². The molecule has 1 nitrogen and oxygen atoms in total. The molecule has 0 unspecified atom stereocenters. The standard InChI is InChI=1S/C11H18O/c1-11(2)6-5-9-8(7-11)3-4-10(9)12/h8-9H,3-7H2,1-2H3/t8-,9+/m1/s1. The van der Waals surface area contributed by atoms with E-state index in [-0.39, 0.29) is 0 Å². The van der Waals surface area contributed by atoms with Crippen LogP contribution in [-0.2, 0) is 4.79 Å². The van der Waals surface area contributed by atoms with Crippen molar-refractivity contribution in [2.24, 2.45) is 17.3 Å². The first-order chi connectivity index (χ1) is 5.58. The molecule has 2 atom stereocenters. The quantitative estimate of drug-likeness (QED) is 0.541. The highest BCUT2D eigenvalue weighted by Gasteiger charge is 2.41. The normalized spacial score (nSPS) is 39.7. The zero-order valence-corrected chi connectivity index (χ0v) is 8.10. The summed E-state index contributed by atoms with van der Waals surface area (Å²) in [5.41, 5.74) is 0.506. The lowest BCUT2D eigenvalue weighted by Crippen LogP contribution is -2.29. The van der Waals surface area contributed by atoms with Crippen molar-refractivity contribution in [3.8, 4) is 0 Å². The van der Waals surface area contributed by atoms with Gasteiger partial charge in [0, 0.05) is 12.3 Å². The Hall–Kier alpha value is -0.330. The second kappa shape index (κ2) is 2.58. The van der Waals surface area contributed by atoms with Crippen LogP contribution >= 0.6 is 0 Å². The summed E-state index contributed by atoms with van der Waals surface area (Å²) in [7, 11) is 0. The van der Waals surface area contributed by atoms with E-state index in [9.17, 15) is 4.79 Å². The first-order valence-corrected chi connectivity index (χ1v) is 5.11. The molecular weight excluding hydrogens is 148 g/mol. The van der Waals surface area contributed by atoms with Crippen molar-refractivity contribution < 1.29 is 4.79 Å². The molecule has 0 amide bonds. The van der Waals surface area contributed by atoms with Gasteiger partial charge in [-0.2, -0.15) is 0 Å². The van der Waals surface area contributed by atoms with Crippen LogP contribution in [0.4, 0.5) is 0 Å². The molecule has 0 saturated heterocycles. The van der Waals surface area contributed by atoms with Crippen molar-refractivity contribution in [2.75, 3.05) is 0 Å². The van der Waals surface area contributed by atoms with Gasteiger partial charge in [-0.05, 0) is 37.0 Å². The number of rotatable bonds is 0. The molecule has 2 aliphatic rings. The fourth-order valence-corrected chi connectivity index (χ4v) is 2.98. The van der Waals surface area contributed by atoms with Crippen LogP contribution in [0.2, 0.25) is 0 Å². The molecule has 1 heteroatoms. The molecule has 2 rings (SSSR count). The molecule has 0 aromatic rings. The summed E-state index contributed by atoms with van der Waals surface area (Å²) in [6.07, 6.45) is 5.73. The van der Waals surface area contributed by atoms with Gasteiger partial charge in [0.25, 0.3) is 0 Å². The van der Waals surface area contributed by atoms with Gasteiger partial charge in [-0.3, -0.25) is 4.79 Å². The zero-order valence-electron chi connectivity index (χ0n) is 8.10. The van der Waals surface area contributed by atoms with Gasteiger partial charge in [0.1, 0.15) is 5.78 Å². The minimum atomic E-state index is 0.457. The molecule has 68 valence electrons. The van der Waals surface area contributed by atoms with Crippen LogP contribution in [0.3, 0.4) is 0 Å². The number of Topliss-reactive ketones (excluding diaryl/α,β-unsaturated/α-hetero) is 1. The topological polar surface area (TPSA) is 17.1 Å². The van der Waals surface area contributed by atoms with E-state index in [1.807, 2.05) is 0 Å². The first-order valence-electron chi connectivity index (χ1n) is 5.11. The third-order valence-corrected chi connectivity index (χ3v) is 3.69. The largest absolute Gasteiger partial charge is 0.299 e. The number of carbonyl (C=O) groups is 1. The molecule has 0 heterocycles. The van der Waals surface area contributed by atoms with Gasteiger partial charge < -0.3 is 0 Å². The predicted octanol–water partition coefficient (Wildman–Crippen LogP) is 2.79. The summed E-state index contributed by atoms with van der Waals surface area (Å²) >= 11 is 0. The fourth-order valence-electron chi connectivity index (χ4n) is 2.98. The van der Waals surface area contributed by atoms with Gasteiger partial charge >= 0.3 is 0 Å². The monoisotopic (exact) mass is 166 g/mol. The Morgan fingerprint density at radius 2 is 2.08 bits per heavy atom. The average Bonchev–Trinajstić information content (AvgIpc) is 2.30. The summed E-state index contributed by atoms with van der Waals surface area (Å²) in [5.74, 6) is 1.75. The number of ketones is 1. The molecule has 0 aliphatic heterocycles. The maximum absolute atomic E-state index is 11.4. The third kappa shape index (κ3) is 1.30. The second-order valence-corrected chi connectivity index (χ2v) is 5.28. The van der Waals surface area contributed by atoms with Gasteiger partial charge in [0.05, 0.1) is 0 Å². The summed E-state index contributed by atoms with van der Waals surface area (Å²) in [6.45, 7) is 4.68. The van der Waals surface area contributed by atoms with Crippen LogP contribution in [0, 0.1) is 17.3 Å². The van der Waals surface area contributed by atoms with E-state index in [0.717, 1.165) is 18.8 Å². The Labute approximate surface area is 74.5 Å². The fraction of sp³-hybridized carbons (Fsp3) is 0.909. The highest BCUT2D eigenvalue weighted by Crippen LogP contribution is 2.47. The molecule has 2 saturated carbocycles. The maximum Gasteiger partial charge on any atom is 0.136 e. The summed E-state index contributed by atoms with van der Waals surface area (Å²) in [6, 6.07) is 0. The van der Waals surface area contributed by atoms with Gasteiger partial charge in [-0.1, -0.05) is 13.8 Å². The van der Waals surface area contributed by atoms with E-state index in [2.05, 4.69) is 13.8 Å². The Morgan fingerprint density at radius 3 is 2.83 bits per heavy atom. The minimum absolute atomic E-state index is 0.457. The van der Waals surface area contributed by atoms with E-state index in [1.54, 1.807) is 0 Å². The number of hydrogen-bond acceptors (Lipinski definition) is 1. The Bertz CT molecular complexity index is 205. The van der Waals surface area contributed by atoms with Gasteiger partial charge in [-0.25, -0.2) is 0 Å². The maximum atomic E-state index is 11.4. The number of hydrogen-bond donors (Lipinski definition) is 0. The van der Waals surface area contributed by atoms with Crippen LogP contribution in [0.1, 0.15) is 46.0 Å². The summed E-state index contributed by atoms with van der Waals surface area (Å²) in [4.78, 5) is 11.4. The van der Waals surface area contributed by atoms with Crippen molar-refractivity contribution in [2.45, 2.75) is 46.0 Å². The molecule has 0 N–H and O–H groups in total. The van der Waals surface area contributed by atoms with Gasteiger partial charge in [-0.15, -0.1) is 0 Å². The first kappa shape index (κ1) is 8.28. The SMILES string of the molecule is CC1(C)CC[C@@H]2C(=O)CC[C@@H]2C1. The Balaban J connectivity index is 2.09. The van der Waals surface area contributed by atoms with E-state index in [4.69, 9.17) is 0 Å². The number of carbonyl (C=O) groups excluding carboxylic acids is 1. The van der Waals surface area contributed by atoms with Crippen molar-refractivity contribution >= 4 is 5.78 Å². The lowest BCUT2D eigenvalue weighted by atomic mass is 9.68. The van der Waals surface area contributed by atoms with Gasteiger partial charge in [0.15, 0.2) is 0 Å². The smallest absolute Gasteiger partial charge is 0.136 e. The van der Waals surface area contributed by atoms with Crippen molar-refractivity contribution in [3.05, 3.63) is 0 Å². The average molecular weight is 166 g/mol. The van der Waals surface area contributed by atoms with Gasteiger partial charge in [0.2, 0.25) is 0 Å². The van der Waals surface area contributed by atoms with E-state index >= 15 is 0 Å². The van der Waals surface area contributed by atoms with Crippen LogP contribution < -0.4 is 0 Å². The highest BCUT2D eigenvalue weighted by molar-refractivity contribution is 5.83.